The number of nitro groups is 1. The van der Waals surface area contributed by atoms with Crippen LogP contribution in [0.15, 0.2) is 12.4 Å². The van der Waals surface area contributed by atoms with E-state index in [0.717, 1.165) is 0 Å². The molecule has 15 heavy (non-hydrogen) atoms. The van der Waals surface area contributed by atoms with Gasteiger partial charge in [0.1, 0.15) is 12.4 Å². The van der Waals surface area contributed by atoms with Crippen molar-refractivity contribution in [3.05, 3.63) is 22.5 Å². The summed E-state index contributed by atoms with van der Waals surface area (Å²) >= 11 is 0. The molecule has 0 saturated carbocycles. The average molecular weight is 216 g/mol. The topological polar surface area (TPSA) is 90.1 Å². The highest BCUT2D eigenvalue weighted by atomic mass is 19.1. The van der Waals surface area contributed by atoms with Gasteiger partial charge in [0.25, 0.3) is 5.91 Å². The van der Waals surface area contributed by atoms with Gasteiger partial charge in [-0.3, -0.25) is 4.79 Å². The summed E-state index contributed by atoms with van der Waals surface area (Å²) in [7, 11) is 0. The van der Waals surface area contributed by atoms with Crippen LogP contribution in [0.2, 0.25) is 0 Å². The fourth-order valence-corrected chi connectivity index (χ4v) is 1.01. The quantitative estimate of drug-likeness (QED) is 0.548. The summed E-state index contributed by atoms with van der Waals surface area (Å²) in [6, 6.07) is 0. The lowest BCUT2D eigenvalue weighted by molar-refractivity contribution is -0.396. The Morgan fingerprint density at radius 2 is 2.47 bits per heavy atom. The predicted molar refractivity (Wildman–Crippen MR) is 47.9 cm³/mol. The van der Waals surface area contributed by atoms with Crippen LogP contribution in [0.3, 0.4) is 0 Å². The highest BCUT2D eigenvalue weighted by Crippen LogP contribution is 2.05. The standard InChI is InChI=1S/C7H9FN4O3/c8-5-6(13)9-1-3-11-4-2-10-7(11)12(14)15/h2,4H,1,3,5H2,(H,9,13). The summed E-state index contributed by atoms with van der Waals surface area (Å²) in [6.07, 6.45) is 2.70. The van der Waals surface area contributed by atoms with Crippen LogP contribution in [0, 0.1) is 10.1 Å². The van der Waals surface area contributed by atoms with Crippen molar-refractivity contribution in [3.63, 3.8) is 0 Å². The first-order valence-electron chi connectivity index (χ1n) is 4.13. The number of alkyl halides is 1. The van der Waals surface area contributed by atoms with Crippen molar-refractivity contribution >= 4 is 11.9 Å². The van der Waals surface area contributed by atoms with Gasteiger partial charge in [-0.2, -0.15) is 0 Å². The number of hydrogen-bond donors (Lipinski definition) is 1. The maximum Gasteiger partial charge on any atom is 0.434 e. The van der Waals surface area contributed by atoms with Gasteiger partial charge in [-0.25, -0.2) is 8.96 Å². The zero-order chi connectivity index (χ0) is 11.3. The molecule has 1 aromatic heterocycles. The second kappa shape index (κ2) is 5.03. The van der Waals surface area contributed by atoms with Gasteiger partial charge in [0.2, 0.25) is 0 Å². The largest absolute Gasteiger partial charge is 0.434 e. The number of carbonyl (C=O) groups excluding carboxylic acids is 1. The average Bonchev–Trinajstić information content (AvgIpc) is 2.65. The van der Waals surface area contributed by atoms with E-state index in [1.807, 2.05) is 0 Å². The molecule has 0 spiro atoms. The second-order valence-corrected chi connectivity index (χ2v) is 2.66. The van der Waals surface area contributed by atoms with E-state index < -0.39 is 17.5 Å². The van der Waals surface area contributed by atoms with Crippen LogP contribution < -0.4 is 5.32 Å². The summed E-state index contributed by atoms with van der Waals surface area (Å²) in [6.45, 7) is -0.784. The third kappa shape index (κ3) is 3.01. The van der Waals surface area contributed by atoms with Crippen LogP contribution in [0.1, 0.15) is 0 Å². The third-order valence-corrected chi connectivity index (χ3v) is 1.65. The normalized spacial score (nSPS) is 9.93. The Hall–Kier alpha value is -1.99. The molecule has 0 aromatic carbocycles. The molecule has 1 N–H and O–H groups in total. The van der Waals surface area contributed by atoms with Crippen molar-refractivity contribution in [1.82, 2.24) is 14.9 Å². The van der Waals surface area contributed by atoms with Gasteiger partial charge >= 0.3 is 5.95 Å². The Morgan fingerprint density at radius 1 is 1.73 bits per heavy atom. The Morgan fingerprint density at radius 3 is 3.07 bits per heavy atom. The highest BCUT2D eigenvalue weighted by molar-refractivity contribution is 5.76. The summed E-state index contributed by atoms with van der Waals surface area (Å²) in [5.41, 5.74) is 0. The van der Waals surface area contributed by atoms with Gasteiger partial charge in [0, 0.05) is 6.54 Å². The molecule has 0 bridgehead atoms. The lowest BCUT2D eigenvalue weighted by atomic mass is 10.5. The van der Waals surface area contributed by atoms with E-state index >= 15 is 0 Å². The maximum absolute atomic E-state index is 11.7. The molecule has 1 aromatic rings. The number of imidazole rings is 1. The molecular weight excluding hydrogens is 207 g/mol. The highest BCUT2D eigenvalue weighted by Gasteiger charge is 2.13. The molecule has 0 radical (unpaired) electrons. The Kier molecular flexibility index (Phi) is 3.72. The van der Waals surface area contributed by atoms with E-state index in [2.05, 4.69) is 10.3 Å². The van der Waals surface area contributed by atoms with E-state index in [-0.39, 0.29) is 19.0 Å². The Bertz CT molecular complexity index is 365. The number of carbonyl (C=O) groups is 1. The monoisotopic (exact) mass is 216 g/mol. The molecule has 1 rings (SSSR count). The van der Waals surface area contributed by atoms with E-state index in [4.69, 9.17) is 0 Å². The van der Waals surface area contributed by atoms with Gasteiger partial charge in [0.05, 0.1) is 6.54 Å². The summed E-state index contributed by atoms with van der Waals surface area (Å²) < 4.78 is 13.0. The fourth-order valence-electron chi connectivity index (χ4n) is 1.01. The molecule has 0 aliphatic rings. The number of halogens is 1. The number of nitrogens with zero attached hydrogens (tertiary/aromatic N) is 3. The Labute approximate surface area is 84.1 Å². The first-order valence-corrected chi connectivity index (χ1v) is 4.13. The van der Waals surface area contributed by atoms with Crippen molar-refractivity contribution in [2.75, 3.05) is 13.2 Å². The first kappa shape index (κ1) is 11.1. The molecule has 0 atom stereocenters. The second-order valence-electron chi connectivity index (χ2n) is 2.66. The molecule has 0 aliphatic carbocycles. The SMILES string of the molecule is O=C(CF)NCCn1ccnc1[N+](=O)[O-]. The number of rotatable bonds is 5. The number of nitrogens with one attached hydrogen (secondary N) is 1. The lowest BCUT2D eigenvalue weighted by Crippen LogP contribution is -2.28. The van der Waals surface area contributed by atoms with Gasteiger partial charge in [-0.05, 0) is 4.92 Å². The van der Waals surface area contributed by atoms with Crippen LogP contribution in [-0.2, 0) is 11.3 Å². The van der Waals surface area contributed by atoms with Crippen molar-refractivity contribution in [2.45, 2.75) is 6.54 Å². The van der Waals surface area contributed by atoms with E-state index in [0.29, 0.717) is 0 Å². The summed E-state index contributed by atoms with van der Waals surface area (Å²) in [4.78, 5) is 23.8. The minimum atomic E-state index is -1.09. The minimum absolute atomic E-state index is 0.125. The zero-order valence-corrected chi connectivity index (χ0v) is 7.72. The fraction of sp³-hybridized carbons (Fsp3) is 0.429. The number of aromatic nitrogens is 2. The molecule has 0 unspecified atom stereocenters. The summed E-state index contributed by atoms with van der Waals surface area (Å²) in [5, 5.41) is 12.7. The van der Waals surface area contributed by atoms with Crippen molar-refractivity contribution < 1.29 is 14.1 Å². The van der Waals surface area contributed by atoms with Crippen molar-refractivity contribution in [2.24, 2.45) is 0 Å². The van der Waals surface area contributed by atoms with E-state index in [1.165, 1.54) is 17.0 Å². The summed E-state index contributed by atoms with van der Waals surface area (Å²) in [5.74, 6) is -1.04. The molecule has 7 nitrogen and oxygen atoms in total. The molecule has 0 fully saturated rings. The van der Waals surface area contributed by atoms with Gasteiger partial charge in [-0.15, -0.1) is 0 Å². The van der Waals surface area contributed by atoms with Gasteiger partial charge < -0.3 is 15.4 Å². The zero-order valence-electron chi connectivity index (χ0n) is 7.72. The maximum atomic E-state index is 11.7. The van der Waals surface area contributed by atoms with Crippen molar-refractivity contribution in [3.8, 4) is 0 Å². The number of amides is 1. The molecule has 1 amide bonds. The Balaban J connectivity index is 2.47. The van der Waals surface area contributed by atoms with Crippen LogP contribution >= 0.6 is 0 Å². The minimum Gasteiger partial charge on any atom is -0.390 e. The molecular formula is C7H9FN4O3. The molecule has 0 aliphatic heterocycles. The van der Waals surface area contributed by atoms with Crippen LogP contribution in [0.5, 0.6) is 0 Å². The number of hydrogen-bond acceptors (Lipinski definition) is 4. The van der Waals surface area contributed by atoms with Crippen LogP contribution in [0.25, 0.3) is 0 Å². The van der Waals surface area contributed by atoms with Crippen LogP contribution in [-0.4, -0.2) is 33.6 Å². The first-order chi connectivity index (χ1) is 7.15. The van der Waals surface area contributed by atoms with Crippen LogP contribution in [0.4, 0.5) is 10.3 Å². The van der Waals surface area contributed by atoms with E-state index in [1.54, 1.807) is 0 Å². The molecule has 1 heterocycles. The third-order valence-electron chi connectivity index (χ3n) is 1.65. The van der Waals surface area contributed by atoms with Crippen molar-refractivity contribution in [1.29, 1.82) is 0 Å². The van der Waals surface area contributed by atoms with E-state index in [9.17, 15) is 19.3 Å². The predicted octanol–water partition coefficient (Wildman–Crippen LogP) is -0.123. The molecule has 82 valence electrons. The van der Waals surface area contributed by atoms with Gasteiger partial charge in [-0.1, -0.05) is 4.98 Å². The lowest BCUT2D eigenvalue weighted by Gasteiger charge is -2.02. The van der Waals surface area contributed by atoms with Gasteiger partial charge in [0.15, 0.2) is 6.67 Å². The molecule has 8 heteroatoms. The smallest absolute Gasteiger partial charge is 0.390 e. The molecule has 0 saturated heterocycles.